The number of likely N-dealkylation sites (tertiary alicyclic amines) is 1. The quantitative estimate of drug-likeness (QED) is 0.777. The number of carbonyl (C=O) groups is 3. The summed E-state index contributed by atoms with van der Waals surface area (Å²) in [5.41, 5.74) is 2.72. The van der Waals surface area contributed by atoms with Gasteiger partial charge in [-0.1, -0.05) is 0 Å². The molecule has 0 aromatic carbocycles. The largest absolute Gasteiger partial charge is 0.481 e. The van der Waals surface area contributed by atoms with E-state index in [9.17, 15) is 14.4 Å². The lowest BCUT2D eigenvalue weighted by atomic mass is 9.93. The molecule has 0 saturated carbocycles. The number of carboxylic acids is 1. The third kappa shape index (κ3) is 3.79. The van der Waals surface area contributed by atoms with Crippen LogP contribution in [0.5, 0.6) is 0 Å². The fourth-order valence-electron chi connectivity index (χ4n) is 2.62. The Kier molecular flexibility index (Phi) is 4.70. The highest BCUT2D eigenvalue weighted by Crippen LogP contribution is 2.21. The van der Waals surface area contributed by atoms with Crippen molar-refractivity contribution in [1.82, 2.24) is 10.3 Å². The van der Waals surface area contributed by atoms with E-state index in [1.165, 1.54) is 0 Å². The Balaban J connectivity index is 1.89. The first kappa shape index (κ1) is 14.5. The zero-order valence-electron chi connectivity index (χ0n) is 11.3. The molecule has 2 rings (SSSR count). The second-order valence-corrected chi connectivity index (χ2v) is 5.29. The standard InChI is InChI=1S/C13H19N3O4/c17-11-5-4-10(14-15-11)13(20)16-7-1-2-9(8-16)3-6-12(18)19/h9H,1-8H2,(H,15,17)(H,18,19). The SMILES string of the molecule is O=C(O)CCC1CCCN(C(=O)C2=NNC(=O)CC2)C1. The Morgan fingerprint density at radius 2 is 2.20 bits per heavy atom. The maximum atomic E-state index is 12.3. The lowest BCUT2D eigenvalue weighted by Gasteiger charge is -2.33. The van der Waals surface area contributed by atoms with Crippen LogP contribution in [-0.4, -0.2) is 46.6 Å². The minimum Gasteiger partial charge on any atom is -0.481 e. The maximum absolute atomic E-state index is 12.3. The van der Waals surface area contributed by atoms with Gasteiger partial charge in [-0.25, -0.2) is 5.43 Å². The summed E-state index contributed by atoms with van der Waals surface area (Å²) in [5.74, 6) is -0.861. The van der Waals surface area contributed by atoms with Gasteiger partial charge in [0, 0.05) is 32.4 Å². The number of rotatable bonds is 4. The molecule has 2 aliphatic rings. The van der Waals surface area contributed by atoms with Gasteiger partial charge in [0.05, 0.1) is 0 Å². The molecule has 2 aliphatic heterocycles. The second kappa shape index (κ2) is 6.49. The molecule has 1 atom stereocenters. The fourth-order valence-corrected chi connectivity index (χ4v) is 2.62. The maximum Gasteiger partial charge on any atom is 0.303 e. The van der Waals surface area contributed by atoms with Gasteiger partial charge in [-0.3, -0.25) is 14.4 Å². The summed E-state index contributed by atoms with van der Waals surface area (Å²) in [6, 6.07) is 0. The third-order valence-corrected chi connectivity index (χ3v) is 3.72. The second-order valence-electron chi connectivity index (χ2n) is 5.29. The third-order valence-electron chi connectivity index (χ3n) is 3.72. The summed E-state index contributed by atoms with van der Waals surface area (Å²) < 4.78 is 0. The van der Waals surface area contributed by atoms with Gasteiger partial charge < -0.3 is 10.0 Å². The smallest absolute Gasteiger partial charge is 0.303 e. The molecule has 0 aromatic rings. The summed E-state index contributed by atoms with van der Waals surface area (Å²) in [5, 5.41) is 12.5. The molecule has 2 heterocycles. The van der Waals surface area contributed by atoms with Gasteiger partial charge in [0.1, 0.15) is 5.71 Å². The zero-order chi connectivity index (χ0) is 14.5. The van der Waals surface area contributed by atoms with Crippen molar-refractivity contribution in [3.8, 4) is 0 Å². The average Bonchev–Trinajstić information content (AvgIpc) is 2.45. The van der Waals surface area contributed by atoms with Crippen LogP contribution in [0.3, 0.4) is 0 Å². The van der Waals surface area contributed by atoms with Crippen LogP contribution >= 0.6 is 0 Å². The van der Waals surface area contributed by atoms with E-state index >= 15 is 0 Å². The van der Waals surface area contributed by atoms with Crippen molar-refractivity contribution in [3.05, 3.63) is 0 Å². The van der Waals surface area contributed by atoms with E-state index in [1.54, 1.807) is 4.90 Å². The molecule has 1 saturated heterocycles. The van der Waals surface area contributed by atoms with Crippen LogP contribution < -0.4 is 5.43 Å². The van der Waals surface area contributed by atoms with Crippen molar-refractivity contribution in [1.29, 1.82) is 0 Å². The van der Waals surface area contributed by atoms with Crippen LogP contribution in [0, 0.1) is 5.92 Å². The van der Waals surface area contributed by atoms with Crippen molar-refractivity contribution in [2.45, 2.75) is 38.5 Å². The summed E-state index contributed by atoms with van der Waals surface area (Å²) in [7, 11) is 0. The molecule has 0 radical (unpaired) electrons. The summed E-state index contributed by atoms with van der Waals surface area (Å²) in [6.07, 6.45) is 3.25. The highest BCUT2D eigenvalue weighted by Gasteiger charge is 2.28. The van der Waals surface area contributed by atoms with Crippen molar-refractivity contribution >= 4 is 23.5 Å². The molecule has 0 bridgehead atoms. The van der Waals surface area contributed by atoms with E-state index in [0.717, 1.165) is 12.8 Å². The zero-order valence-corrected chi connectivity index (χ0v) is 11.3. The molecule has 2 N–H and O–H groups in total. The molecule has 7 nitrogen and oxygen atoms in total. The van der Waals surface area contributed by atoms with Gasteiger partial charge >= 0.3 is 5.97 Å². The van der Waals surface area contributed by atoms with E-state index < -0.39 is 5.97 Å². The van der Waals surface area contributed by atoms with Crippen LogP contribution in [0.4, 0.5) is 0 Å². The minimum atomic E-state index is -0.798. The highest BCUT2D eigenvalue weighted by atomic mass is 16.4. The lowest BCUT2D eigenvalue weighted by Crippen LogP contribution is -2.45. The van der Waals surface area contributed by atoms with E-state index in [4.69, 9.17) is 5.11 Å². The van der Waals surface area contributed by atoms with Gasteiger partial charge in [0.2, 0.25) is 5.91 Å². The van der Waals surface area contributed by atoms with Crippen LogP contribution in [0.2, 0.25) is 0 Å². The molecular formula is C13H19N3O4. The van der Waals surface area contributed by atoms with Gasteiger partial charge in [0.15, 0.2) is 0 Å². The monoisotopic (exact) mass is 281 g/mol. The Hall–Kier alpha value is -1.92. The molecule has 20 heavy (non-hydrogen) atoms. The molecule has 2 amide bonds. The summed E-state index contributed by atoms with van der Waals surface area (Å²) in [6.45, 7) is 1.26. The number of nitrogens with one attached hydrogen (secondary N) is 1. The Bertz CT molecular complexity index is 447. The van der Waals surface area contributed by atoms with Crippen molar-refractivity contribution in [2.24, 2.45) is 11.0 Å². The van der Waals surface area contributed by atoms with E-state index in [2.05, 4.69) is 10.5 Å². The first-order valence-corrected chi connectivity index (χ1v) is 6.92. The van der Waals surface area contributed by atoms with E-state index in [1.807, 2.05) is 0 Å². The Labute approximate surface area is 117 Å². The van der Waals surface area contributed by atoms with Gasteiger partial charge in [0.25, 0.3) is 5.91 Å². The number of piperidine rings is 1. The number of aliphatic carboxylic acids is 1. The number of amides is 2. The van der Waals surface area contributed by atoms with E-state index in [-0.39, 0.29) is 24.2 Å². The summed E-state index contributed by atoms with van der Waals surface area (Å²) >= 11 is 0. The van der Waals surface area contributed by atoms with Crippen LogP contribution in [-0.2, 0) is 14.4 Å². The number of carboxylic acid groups (broad SMARTS) is 1. The van der Waals surface area contributed by atoms with Crippen molar-refractivity contribution in [3.63, 3.8) is 0 Å². The number of hydrogen-bond acceptors (Lipinski definition) is 4. The highest BCUT2D eigenvalue weighted by molar-refractivity contribution is 6.39. The van der Waals surface area contributed by atoms with Gasteiger partial charge in [-0.15, -0.1) is 0 Å². The number of carbonyl (C=O) groups excluding carboxylic acids is 2. The average molecular weight is 281 g/mol. The predicted molar refractivity (Wildman–Crippen MR) is 71.0 cm³/mol. The van der Waals surface area contributed by atoms with Crippen LogP contribution in [0.15, 0.2) is 5.10 Å². The molecule has 0 spiro atoms. The lowest BCUT2D eigenvalue weighted by molar-refractivity contribution is -0.137. The van der Waals surface area contributed by atoms with Crippen LogP contribution in [0.1, 0.15) is 38.5 Å². The number of hydrazone groups is 1. The molecule has 0 aliphatic carbocycles. The molecule has 110 valence electrons. The van der Waals surface area contributed by atoms with Gasteiger partial charge in [-0.05, 0) is 25.2 Å². The normalized spacial score (nSPS) is 23.0. The molecule has 1 fully saturated rings. The first-order chi connectivity index (χ1) is 9.56. The topological polar surface area (TPSA) is 99.1 Å². The minimum absolute atomic E-state index is 0.134. The Morgan fingerprint density at radius 3 is 2.85 bits per heavy atom. The van der Waals surface area contributed by atoms with Crippen molar-refractivity contribution in [2.75, 3.05) is 13.1 Å². The number of hydrogen-bond donors (Lipinski definition) is 2. The molecular weight excluding hydrogens is 262 g/mol. The molecule has 1 unspecified atom stereocenters. The molecule has 0 aromatic heterocycles. The Morgan fingerprint density at radius 1 is 1.40 bits per heavy atom. The molecule has 7 heteroatoms. The van der Waals surface area contributed by atoms with Crippen molar-refractivity contribution < 1.29 is 19.5 Å². The number of nitrogens with zero attached hydrogens (tertiary/aromatic N) is 2. The van der Waals surface area contributed by atoms with Crippen LogP contribution in [0.25, 0.3) is 0 Å². The summed E-state index contributed by atoms with van der Waals surface area (Å²) in [4.78, 5) is 35.6. The van der Waals surface area contributed by atoms with Gasteiger partial charge in [-0.2, -0.15) is 5.10 Å². The fraction of sp³-hybridized carbons (Fsp3) is 0.692. The van der Waals surface area contributed by atoms with E-state index in [0.29, 0.717) is 38.1 Å². The first-order valence-electron chi connectivity index (χ1n) is 6.92. The predicted octanol–water partition coefficient (Wildman–Crippen LogP) is 0.356.